The molecule has 1 saturated heterocycles. The first-order chi connectivity index (χ1) is 13.2. The zero-order chi connectivity index (χ0) is 20.1. The van der Waals surface area contributed by atoms with Gasteiger partial charge in [0.25, 0.3) is 5.91 Å². The lowest BCUT2D eigenvalue weighted by molar-refractivity contribution is 0.00578. The summed E-state index contributed by atoms with van der Waals surface area (Å²) in [6.07, 6.45) is 2.88. The summed E-state index contributed by atoms with van der Waals surface area (Å²) in [5.74, 6) is 0.225. The fraction of sp³-hybridized carbons (Fsp3) is 0.450. The zero-order valence-electron chi connectivity index (χ0n) is 16.9. The Kier molecular flexibility index (Phi) is 4.43. The molecule has 0 radical (unpaired) electrons. The van der Waals surface area contributed by atoms with Crippen LogP contribution in [0.2, 0.25) is 0 Å². The fourth-order valence-corrected chi connectivity index (χ4v) is 3.40. The Labute approximate surface area is 165 Å². The molecule has 4 rings (SSSR count). The van der Waals surface area contributed by atoms with Crippen molar-refractivity contribution in [3.63, 3.8) is 0 Å². The monoisotopic (exact) mass is 381 g/mol. The van der Waals surface area contributed by atoms with Gasteiger partial charge in [-0.05, 0) is 51.7 Å². The number of aromatic nitrogens is 2. The number of aryl methyl sites for hydroxylation is 1. The summed E-state index contributed by atoms with van der Waals surface area (Å²) in [6, 6.07) is 5.89. The summed E-state index contributed by atoms with van der Waals surface area (Å²) in [5, 5.41) is 0. The summed E-state index contributed by atoms with van der Waals surface area (Å²) in [6.45, 7) is 10.9. The molecular formula is C20H24BN3O4. The second-order valence-corrected chi connectivity index (χ2v) is 8.18. The third-order valence-corrected chi connectivity index (χ3v) is 5.74. The Morgan fingerprint density at radius 2 is 1.86 bits per heavy atom. The Balaban J connectivity index is 1.63. The molecule has 146 valence electrons. The Morgan fingerprint density at radius 3 is 2.54 bits per heavy atom. The normalized spacial score (nSPS) is 20.5. The number of carbonyl (C=O) groups excluding carboxylic acids is 1. The van der Waals surface area contributed by atoms with E-state index < -0.39 is 18.3 Å². The van der Waals surface area contributed by atoms with Crippen molar-refractivity contribution in [1.82, 2.24) is 9.97 Å². The Bertz CT molecular complexity index is 915. The summed E-state index contributed by atoms with van der Waals surface area (Å²) >= 11 is 0. The molecule has 0 saturated carbocycles. The number of benzene rings is 1. The van der Waals surface area contributed by atoms with Gasteiger partial charge in [0, 0.05) is 5.69 Å². The maximum atomic E-state index is 13.0. The van der Waals surface area contributed by atoms with E-state index in [4.69, 9.17) is 14.0 Å². The lowest BCUT2D eigenvalue weighted by atomic mass is 9.78. The predicted molar refractivity (Wildman–Crippen MR) is 106 cm³/mol. The number of ether oxygens (including phenoxy) is 1. The van der Waals surface area contributed by atoms with Crippen molar-refractivity contribution in [2.75, 3.05) is 18.1 Å². The van der Waals surface area contributed by atoms with Gasteiger partial charge in [-0.15, -0.1) is 0 Å². The van der Waals surface area contributed by atoms with Crippen molar-refractivity contribution in [2.45, 2.75) is 45.8 Å². The predicted octanol–water partition coefficient (Wildman–Crippen LogP) is 2.12. The highest BCUT2D eigenvalue weighted by atomic mass is 16.7. The molecule has 28 heavy (non-hydrogen) atoms. The van der Waals surface area contributed by atoms with Crippen molar-refractivity contribution < 1.29 is 18.8 Å². The van der Waals surface area contributed by atoms with E-state index in [2.05, 4.69) is 9.97 Å². The summed E-state index contributed by atoms with van der Waals surface area (Å²) in [7, 11) is -0.436. The quantitative estimate of drug-likeness (QED) is 0.742. The van der Waals surface area contributed by atoms with E-state index in [1.165, 1.54) is 12.5 Å². The number of nitrogens with zero attached hydrogens (tertiary/aromatic N) is 3. The van der Waals surface area contributed by atoms with Gasteiger partial charge >= 0.3 is 7.12 Å². The Morgan fingerprint density at radius 1 is 1.14 bits per heavy atom. The van der Waals surface area contributed by atoms with Gasteiger partial charge < -0.3 is 18.9 Å². The highest BCUT2D eigenvalue weighted by Crippen LogP contribution is 2.37. The van der Waals surface area contributed by atoms with Gasteiger partial charge in [-0.1, -0.05) is 12.1 Å². The van der Waals surface area contributed by atoms with Gasteiger partial charge in [0.1, 0.15) is 12.9 Å². The van der Waals surface area contributed by atoms with E-state index >= 15 is 0 Å². The van der Waals surface area contributed by atoms with Crippen LogP contribution in [0.25, 0.3) is 0 Å². The molecule has 7 nitrogen and oxygen atoms in total. The number of hydrogen-bond acceptors (Lipinski definition) is 6. The van der Waals surface area contributed by atoms with E-state index in [-0.39, 0.29) is 11.6 Å². The number of carbonyl (C=O) groups is 1. The number of anilines is 1. The minimum Gasteiger partial charge on any atom is -0.488 e. The first-order valence-corrected chi connectivity index (χ1v) is 9.40. The standard InChI is InChI=1S/C20H24BN3O4/c1-13-10-14(21-27-19(2,3)20(4,5)28-21)6-7-15(13)24-8-9-26-16-11-22-12-23-17(16)18(24)25/h6-7,10-12H,8-9H2,1-5H3. The molecule has 1 amide bonds. The van der Waals surface area contributed by atoms with Gasteiger partial charge in [-0.2, -0.15) is 0 Å². The number of hydrogen-bond donors (Lipinski definition) is 0. The molecule has 1 aromatic carbocycles. The largest absolute Gasteiger partial charge is 0.494 e. The smallest absolute Gasteiger partial charge is 0.488 e. The highest BCUT2D eigenvalue weighted by molar-refractivity contribution is 6.62. The average Bonchev–Trinajstić information content (AvgIpc) is 2.76. The van der Waals surface area contributed by atoms with Crippen molar-refractivity contribution in [1.29, 1.82) is 0 Å². The molecule has 0 spiro atoms. The summed E-state index contributed by atoms with van der Waals surface area (Å²) in [5.41, 5.74) is 2.19. The molecule has 1 aromatic heterocycles. The van der Waals surface area contributed by atoms with Gasteiger partial charge in [0.05, 0.1) is 23.9 Å². The van der Waals surface area contributed by atoms with Gasteiger partial charge in [-0.3, -0.25) is 4.79 Å². The summed E-state index contributed by atoms with van der Waals surface area (Å²) in [4.78, 5) is 22.7. The second-order valence-electron chi connectivity index (χ2n) is 8.18. The van der Waals surface area contributed by atoms with E-state index in [1.807, 2.05) is 52.8 Å². The molecule has 0 bridgehead atoms. The maximum Gasteiger partial charge on any atom is 0.494 e. The van der Waals surface area contributed by atoms with Crippen LogP contribution in [0.3, 0.4) is 0 Å². The molecule has 0 N–H and O–H groups in total. The first kappa shape index (κ1) is 18.9. The maximum absolute atomic E-state index is 13.0. The lowest BCUT2D eigenvalue weighted by Gasteiger charge is -2.32. The van der Waals surface area contributed by atoms with Crippen LogP contribution in [-0.4, -0.2) is 47.3 Å². The topological polar surface area (TPSA) is 73.8 Å². The molecule has 3 heterocycles. The van der Waals surface area contributed by atoms with Crippen LogP contribution >= 0.6 is 0 Å². The zero-order valence-corrected chi connectivity index (χ0v) is 16.9. The number of fused-ring (bicyclic) bond motifs is 1. The van der Waals surface area contributed by atoms with E-state index in [0.29, 0.717) is 18.9 Å². The molecule has 0 unspecified atom stereocenters. The SMILES string of the molecule is Cc1cc(B2OC(C)(C)C(C)(C)O2)ccc1N1CCOc2cncnc2C1=O. The van der Waals surface area contributed by atoms with Crippen LogP contribution < -0.4 is 15.1 Å². The van der Waals surface area contributed by atoms with Crippen LogP contribution in [0.5, 0.6) is 5.75 Å². The number of rotatable bonds is 2. The van der Waals surface area contributed by atoms with Gasteiger partial charge in [0.15, 0.2) is 11.4 Å². The third-order valence-electron chi connectivity index (χ3n) is 5.74. The Hall–Kier alpha value is -2.45. The highest BCUT2D eigenvalue weighted by Gasteiger charge is 2.51. The van der Waals surface area contributed by atoms with Crippen LogP contribution in [0, 0.1) is 6.92 Å². The minimum atomic E-state index is -0.436. The molecular weight excluding hydrogens is 357 g/mol. The van der Waals surface area contributed by atoms with Gasteiger partial charge in [-0.25, -0.2) is 9.97 Å². The third kappa shape index (κ3) is 3.06. The van der Waals surface area contributed by atoms with Gasteiger partial charge in [0.2, 0.25) is 0 Å². The summed E-state index contributed by atoms with van der Waals surface area (Å²) < 4.78 is 17.9. The number of amides is 1. The van der Waals surface area contributed by atoms with Crippen LogP contribution in [0.15, 0.2) is 30.7 Å². The van der Waals surface area contributed by atoms with Crippen molar-refractivity contribution in [3.8, 4) is 5.75 Å². The van der Waals surface area contributed by atoms with E-state index in [0.717, 1.165) is 16.7 Å². The molecule has 0 atom stereocenters. The molecule has 0 aliphatic carbocycles. The molecule has 1 fully saturated rings. The van der Waals surface area contributed by atoms with E-state index in [9.17, 15) is 4.79 Å². The molecule has 2 aromatic rings. The van der Waals surface area contributed by atoms with Crippen molar-refractivity contribution >= 4 is 24.2 Å². The van der Waals surface area contributed by atoms with Crippen LogP contribution in [0.1, 0.15) is 43.7 Å². The second kappa shape index (κ2) is 6.56. The fourth-order valence-electron chi connectivity index (χ4n) is 3.40. The van der Waals surface area contributed by atoms with Crippen molar-refractivity contribution in [3.05, 3.63) is 42.0 Å². The van der Waals surface area contributed by atoms with E-state index in [1.54, 1.807) is 4.90 Å². The minimum absolute atomic E-state index is 0.193. The van der Waals surface area contributed by atoms with Crippen LogP contribution in [-0.2, 0) is 9.31 Å². The molecule has 2 aliphatic heterocycles. The van der Waals surface area contributed by atoms with Crippen LogP contribution in [0.4, 0.5) is 5.69 Å². The molecule has 2 aliphatic rings. The molecule has 8 heteroatoms. The first-order valence-electron chi connectivity index (χ1n) is 9.40. The van der Waals surface area contributed by atoms with Crippen molar-refractivity contribution in [2.24, 2.45) is 0 Å². The average molecular weight is 381 g/mol. The lowest BCUT2D eigenvalue weighted by Crippen LogP contribution is -2.41.